The van der Waals surface area contributed by atoms with E-state index in [1.165, 1.54) is 0 Å². The lowest BCUT2D eigenvalue weighted by Crippen LogP contribution is -2.44. The number of methoxy groups -OCH3 is 2. The highest BCUT2D eigenvalue weighted by atomic mass is 16.5. The van der Waals surface area contributed by atoms with Crippen LogP contribution in [0, 0.1) is 0 Å². The SMILES string of the molecule is COc1cc(OC)cc(-n2nnnc2CN(C)C(=O)CC2COCCN2)c1. The molecule has 1 N–H and O–H groups in total. The lowest BCUT2D eigenvalue weighted by Gasteiger charge is -2.25. The van der Waals surface area contributed by atoms with Gasteiger partial charge in [0.1, 0.15) is 11.5 Å². The van der Waals surface area contributed by atoms with Crippen molar-refractivity contribution < 1.29 is 19.0 Å². The summed E-state index contributed by atoms with van der Waals surface area (Å²) in [6, 6.07) is 5.40. The van der Waals surface area contributed by atoms with Gasteiger partial charge in [0.05, 0.1) is 39.7 Å². The molecule has 146 valence electrons. The van der Waals surface area contributed by atoms with Crippen LogP contribution in [0.1, 0.15) is 12.2 Å². The first kappa shape index (κ1) is 19.1. The second kappa shape index (κ2) is 8.78. The van der Waals surface area contributed by atoms with Crippen LogP contribution in [0.3, 0.4) is 0 Å². The van der Waals surface area contributed by atoms with Crippen molar-refractivity contribution >= 4 is 5.91 Å². The molecular formula is C17H24N6O4. The monoisotopic (exact) mass is 376 g/mol. The van der Waals surface area contributed by atoms with E-state index in [0.717, 1.165) is 6.54 Å². The minimum Gasteiger partial charge on any atom is -0.497 e. The molecule has 1 atom stereocenters. The third-order valence-electron chi connectivity index (χ3n) is 4.34. The molecule has 0 aliphatic carbocycles. The topological polar surface area (TPSA) is 104 Å². The number of carbonyl (C=O) groups is 1. The van der Waals surface area contributed by atoms with Crippen LogP contribution in [0.15, 0.2) is 18.2 Å². The van der Waals surface area contributed by atoms with E-state index in [4.69, 9.17) is 14.2 Å². The predicted molar refractivity (Wildman–Crippen MR) is 96.0 cm³/mol. The highest BCUT2D eigenvalue weighted by molar-refractivity contribution is 5.76. The fourth-order valence-electron chi connectivity index (χ4n) is 2.84. The van der Waals surface area contributed by atoms with Gasteiger partial charge in [0.2, 0.25) is 5.91 Å². The zero-order chi connectivity index (χ0) is 19.2. The maximum absolute atomic E-state index is 12.5. The highest BCUT2D eigenvalue weighted by Crippen LogP contribution is 2.25. The average molecular weight is 376 g/mol. The Kier molecular flexibility index (Phi) is 6.20. The Hall–Kier alpha value is -2.72. The summed E-state index contributed by atoms with van der Waals surface area (Å²) in [5.74, 6) is 1.78. The van der Waals surface area contributed by atoms with Crippen LogP contribution in [-0.4, -0.2) is 78.1 Å². The van der Waals surface area contributed by atoms with Crippen molar-refractivity contribution in [1.29, 1.82) is 0 Å². The first-order valence-corrected chi connectivity index (χ1v) is 8.66. The maximum atomic E-state index is 12.5. The number of ether oxygens (including phenoxy) is 3. The fraction of sp³-hybridized carbons (Fsp3) is 0.529. The lowest BCUT2D eigenvalue weighted by atomic mass is 10.2. The molecule has 0 bridgehead atoms. The molecule has 0 radical (unpaired) electrons. The third-order valence-corrected chi connectivity index (χ3v) is 4.34. The summed E-state index contributed by atoms with van der Waals surface area (Å²) in [6.07, 6.45) is 0.366. The van der Waals surface area contributed by atoms with Gasteiger partial charge in [0.15, 0.2) is 5.82 Å². The number of hydrogen-bond donors (Lipinski definition) is 1. The molecule has 10 nitrogen and oxygen atoms in total. The van der Waals surface area contributed by atoms with Crippen LogP contribution >= 0.6 is 0 Å². The summed E-state index contributed by atoms with van der Waals surface area (Å²) in [5, 5.41) is 15.1. The molecule has 1 aliphatic heterocycles. The van der Waals surface area contributed by atoms with Gasteiger partial charge in [-0.25, -0.2) is 0 Å². The average Bonchev–Trinajstić information content (AvgIpc) is 3.16. The third kappa shape index (κ3) is 4.72. The minimum atomic E-state index is -0.00391. The smallest absolute Gasteiger partial charge is 0.224 e. The molecule has 1 fully saturated rings. The van der Waals surface area contributed by atoms with Crippen LogP contribution in [-0.2, 0) is 16.1 Å². The normalized spacial score (nSPS) is 16.8. The number of carbonyl (C=O) groups excluding carboxylic acids is 1. The quantitative estimate of drug-likeness (QED) is 0.721. The van der Waals surface area contributed by atoms with Gasteiger partial charge in [-0.1, -0.05) is 0 Å². The summed E-state index contributed by atoms with van der Waals surface area (Å²) < 4.78 is 17.5. The standard InChI is InChI=1S/C17H24N6O4/c1-22(17(24)6-12-11-27-5-4-18-12)10-16-19-20-21-23(16)13-7-14(25-2)9-15(8-13)26-3/h7-9,12,18H,4-6,10-11H2,1-3H3. The number of hydrogen-bond acceptors (Lipinski definition) is 8. The summed E-state index contributed by atoms with van der Waals surface area (Å²) in [7, 11) is 4.89. The van der Waals surface area contributed by atoms with E-state index in [2.05, 4.69) is 20.8 Å². The fourth-order valence-corrected chi connectivity index (χ4v) is 2.84. The summed E-state index contributed by atoms with van der Waals surface area (Å²) in [4.78, 5) is 14.1. The van der Waals surface area contributed by atoms with Crippen molar-refractivity contribution in [2.24, 2.45) is 0 Å². The summed E-state index contributed by atoms with van der Waals surface area (Å²) in [6.45, 7) is 2.26. The molecule has 1 aliphatic rings. The van der Waals surface area contributed by atoms with Crippen molar-refractivity contribution in [3.63, 3.8) is 0 Å². The number of nitrogens with zero attached hydrogens (tertiary/aromatic N) is 5. The van der Waals surface area contributed by atoms with Gasteiger partial charge >= 0.3 is 0 Å². The molecular weight excluding hydrogens is 352 g/mol. The van der Waals surface area contributed by atoms with Gasteiger partial charge in [-0.05, 0) is 10.4 Å². The number of benzene rings is 1. The van der Waals surface area contributed by atoms with Crippen molar-refractivity contribution in [3.05, 3.63) is 24.0 Å². The molecule has 10 heteroatoms. The van der Waals surface area contributed by atoms with Gasteiger partial charge in [-0.3, -0.25) is 4.79 Å². The molecule has 3 rings (SSSR count). The highest BCUT2D eigenvalue weighted by Gasteiger charge is 2.21. The Morgan fingerprint density at radius 2 is 2.07 bits per heavy atom. The Balaban J connectivity index is 1.72. The van der Waals surface area contributed by atoms with E-state index in [1.54, 1.807) is 49.0 Å². The molecule has 27 heavy (non-hydrogen) atoms. The molecule has 0 spiro atoms. The van der Waals surface area contributed by atoms with Crippen LogP contribution in [0.5, 0.6) is 11.5 Å². The lowest BCUT2D eigenvalue weighted by molar-refractivity contribution is -0.131. The zero-order valence-corrected chi connectivity index (χ0v) is 15.7. The molecule has 2 aromatic rings. The second-order valence-electron chi connectivity index (χ2n) is 6.26. The van der Waals surface area contributed by atoms with Crippen molar-refractivity contribution in [2.45, 2.75) is 19.0 Å². The van der Waals surface area contributed by atoms with Crippen LogP contribution in [0.4, 0.5) is 0 Å². The summed E-state index contributed by atoms with van der Waals surface area (Å²) >= 11 is 0. The molecule has 0 saturated carbocycles. The Morgan fingerprint density at radius 3 is 2.70 bits per heavy atom. The van der Waals surface area contributed by atoms with E-state index in [-0.39, 0.29) is 18.5 Å². The van der Waals surface area contributed by atoms with E-state index in [0.29, 0.717) is 42.6 Å². The summed E-state index contributed by atoms with van der Waals surface area (Å²) in [5.41, 5.74) is 0.689. The predicted octanol–water partition coefficient (Wildman–Crippen LogP) is 0.0164. The zero-order valence-electron chi connectivity index (χ0n) is 15.7. The first-order valence-electron chi connectivity index (χ1n) is 8.66. The van der Waals surface area contributed by atoms with Gasteiger partial charge in [-0.15, -0.1) is 5.10 Å². The van der Waals surface area contributed by atoms with Gasteiger partial charge in [-0.2, -0.15) is 4.68 Å². The minimum absolute atomic E-state index is 0.00391. The Morgan fingerprint density at radius 1 is 1.33 bits per heavy atom. The number of morpholine rings is 1. The van der Waals surface area contributed by atoms with Gasteiger partial charge in [0, 0.05) is 44.3 Å². The van der Waals surface area contributed by atoms with E-state index in [1.807, 2.05) is 0 Å². The maximum Gasteiger partial charge on any atom is 0.224 e. The van der Waals surface area contributed by atoms with Crippen LogP contribution in [0.2, 0.25) is 0 Å². The van der Waals surface area contributed by atoms with E-state index < -0.39 is 0 Å². The van der Waals surface area contributed by atoms with Gasteiger partial charge in [0.25, 0.3) is 0 Å². The number of rotatable bonds is 7. The van der Waals surface area contributed by atoms with Crippen LogP contribution in [0.25, 0.3) is 5.69 Å². The molecule has 1 aromatic heterocycles. The van der Waals surface area contributed by atoms with E-state index >= 15 is 0 Å². The van der Waals surface area contributed by atoms with Crippen molar-refractivity contribution in [3.8, 4) is 17.2 Å². The number of amides is 1. The molecule has 2 heterocycles. The van der Waals surface area contributed by atoms with Crippen molar-refractivity contribution in [2.75, 3.05) is 41.0 Å². The number of tetrazole rings is 1. The first-order chi connectivity index (χ1) is 13.1. The van der Waals surface area contributed by atoms with Crippen LogP contribution < -0.4 is 14.8 Å². The molecule has 1 amide bonds. The largest absolute Gasteiger partial charge is 0.497 e. The number of nitrogens with one attached hydrogen (secondary N) is 1. The van der Waals surface area contributed by atoms with Crippen molar-refractivity contribution in [1.82, 2.24) is 30.4 Å². The van der Waals surface area contributed by atoms with Gasteiger partial charge < -0.3 is 24.4 Å². The number of aromatic nitrogens is 4. The Bertz CT molecular complexity index is 752. The molecule has 1 saturated heterocycles. The second-order valence-corrected chi connectivity index (χ2v) is 6.26. The van der Waals surface area contributed by atoms with E-state index in [9.17, 15) is 4.79 Å². The molecule has 1 unspecified atom stereocenters. The Labute approximate surface area is 157 Å². The molecule has 1 aromatic carbocycles.